The number of carbonyl (C=O) groups is 1. The summed E-state index contributed by atoms with van der Waals surface area (Å²) in [5, 5.41) is 3.01. The van der Waals surface area contributed by atoms with Gasteiger partial charge >= 0.3 is 0 Å². The third-order valence-electron chi connectivity index (χ3n) is 3.06. The molecule has 4 heteroatoms. The Balaban J connectivity index is 2.79. The van der Waals surface area contributed by atoms with Crippen LogP contribution in [0.3, 0.4) is 0 Å². The number of hydrogen-bond donors (Lipinski definition) is 2. The Bertz CT molecular complexity index is 430. The van der Waals surface area contributed by atoms with E-state index >= 15 is 0 Å². The normalized spacial score (nSPS) is 12.2. The van der Waals surface area contributed by atoms with Gasteiger partial charge in [-0.15, -0.1) is 0 Å². The molecular weight excluding hydrogens is 228 g/mol. The van der Waals surface area contributed by atoms with E-state index in [0.29, 0.717) is 6.54 Å². The molecule has 0 fully saturated rings. The quantitative estimate of drug-likeness (QED) is 0.803. The highest BCUT2D eigenvalue weighted by Crippen LogP contribution is 2.25. The van der Waals surface area contributed by atoms with Gasteiger partial charge in [-0.2, -0.15) is 0 Å². The van der Waals surface area contributed by atoms with Crippen LogP contribution in [0.4, 0.5) is 0 Å². The molecule has 0 bridgehead atoms. The predicted molar refractivity (Wildman–Crippen MR) is 72.8 cm³/mol. The smallest absolute Gasteiger partial charge is 0.238 e. The third kappa shape index (κ3) is 3.47. The van der Waals surface area contributed by atoms with Crippen LogP contribution in [0.25, 0.3) is 0 Å². The van der Waals surface area contributed by atoms with E-state index in [9.17, 15) is 4.79 Å². The van der Waals surface area contributed by atoms with Crippen molar-refractivity contribution >= 4 is 5.91 Å². The molecule has 0 saturated carbocycles. The monoisotopic (exact) mass is 250 g/mol. The van der Waals surface area contributed by atoms with E-state index in [1.54, 1.807) is 0 Å². The molecule has 0 aromatic heterocycles. The molecule has 100 valence electrons. The summed E-state index contributed by atoms with van der Waals surface area (Å²) in [4.78, 5) is 11.2. The van der Waals surface area contributed by atoms with Crippen LogP contribution in [0.15, 0.2) is 12.1 Å². The number of aryl methyl sites for hydroxylation is 2. The number of benzene rings is 1. The lowest BCUT2D eigenvalue weighted by Gasteiger charge is -2.18. The Morgan fingerprint density at radius 2 is 1.94 bits per heavy atom. The van der Waals surface area contributed by atoms with Crippen molar-refractivity contribution in [3.63, 3.8) is 0 Å². The van der Waals surface area contributed by atoms with Gasteiger partial charge in [0.15, 0.2) is 0 Å². The number of nitrogens with two attached hydrogens (primary N) is 1. The second-order valence-electron chi connectivity index (χ2n) is 4.48. The van der Waals surface area contributed by atoms with Crippen molar-refractivity contribution in [2.75, 3.05) is 13.2 Å². The van der Waals surface area contributed by atoms with Gasteiger partial charge in [0.1, 0.15) is 18.4 Å². The van der Waals surface area contributed by atoms with E-state index in [-0.39, 0.29) is 12.5 Å². The number of rotatable bonds is 6. The fourth-order valence-electron chi connectivity index (χ4n) is 1.80. The highest BCUT2D eigenvalue weighted by molar-refractivity contribution is 5.80. The molecule has 1 aromatic rings. The van der Waals surface area contributed by atoms with Crippen LogP contribution in [-0.4, -0.2) is 25.1 Å². The minimum absolute atomic E-state index is 0.258. The first kappa shape index (κ1) is 14.5. The van der Waals surface area contributed by atoms with E-state index in [4.69, 9.17) is 10.5 Å². The zero-order valence-corrected chi connectivity index (χ0v) is 11.5. The Labute approximate surface area is 109 Å². The molecule has 3 N–H and O–H groups in total. The van der Waals surface area contributed by atoms with Crippen molar-refractivity contribution in [2.45, 2.75) is 33.7 Å². The van der Waals surface area contributed by atoms with E-state index in [1.165, 1.54) is 5.56 Å². The summed E-state index contributed by atoms with van der Waals surface area (Å²) in [5.74, 6) is 0.457. The second-order valence-corrected chi connectivity index (χ2v) is 4.48. The molecule has 0 heterocycles. The lowest BCUT2D eigenvalue weighted by Crippen LogP contribution is -2.45. The van der Waals surface area contributed by atoms with Crippen LogP contribution in [-0.2, 0) is 4.79 Å². The first-order chi connectivity index (χ1) is 8.47. The first-order valence-corrected chi connectivity index (χ1v) is 6.19. The molecule has 0 radical (unpaired) electrons. The minimum atomic E-state index is -0.450. The van der Waals surface area contributed by atoms with Gasteiger partial charge in [0, 0.05) is 0 Å². The maximum absolute atomic E-state index is 11.2. The third-order valence-corrected chi connectivity index (χ3v) is 3.06. The van der Waals surface area contributed by atoms with E-state index in [2.05, 4.69) is 11.4 Å². The summed E-state index contributed by atoms with van der Waals surface area (Å²) in [6.45, 7) is 8.92. The van der Waals surface area contributed by atoms with Gasteiger partial charge in [0.2, 0.25) is 5.91 Å². The van der Waals surface area contributed by atoms with E-state index in [0.717, 1.165) is 16.9 Å². The molecule has 0 aliphatic carbocycles. The lowest BCUT2D eigenvalue weighted by atomic mass is 10.1. The van der Waals surface area contributed by atoms with Crippen LogP contribution in [0.1, 0.15) is 23.6 Å². The highest BCUT2D eigenvalue weighted by Gasteiger charge is 2.16. The van der Waals surface area contributed by atoms with Crippen LogP contribution in [0.2, 0.25) is 0 Å². The number of likely N-dealkylation sites (N-methyl/N-ethyl adjacent to an activating group) is 1. The first-order valence-electron chi connectivity index (χ1n) is 6.19. The van der Waals surface area contributed by atoms with Crippen molar-refractivity contribution in [3.8, 4) is 5.75 Å². The van der Waals surface area contributed by atoms with E-state index in [1.807, 2.05) is 33.8 Å². The van der Waals surface area contributed by atoms with Gasteiger partial charge in [-0.3, -0.25) is 4.79 Å². The summed E-state index contributed by atoms with van der Waals surface area (Å²) in [5.41, 5.74) is 8.66. The predicted octanol–water partition coefficient (Wildman–Crippen LogP) is 1.45. The summed E-state index contributed by atoms with van der Waals surface area (Å²) in [6, 6.07) is 3.63. The zero-order valence-electron chi connectivity index (χ0n) is 11.5. The molecule has 1 rings (SSSR count). The Hall–Kier alpha value is -1.55. The molecule has 1 unspecified atom stereocenters. The summed E-state index contributed by atoms with van der Waals surface area (Å²) >= 11 is 0. The summed E-state index contributed by atoms with van der Waals surface area (Å²) in [7, 11) is 0. The Morgan fingerprint density at radius 1 is 1.33 bits per heavy atom. The second kappa shape index (κ2) is 6.40. The largest absolute Gasteiger partial charge is 0.491 e. The van der Waals surface area contributed by atoms with Gasteiger partial charge in [-0.25, -0.2) is 0 Å². The molecule has 0 spiro atoms. The number of ether oxygens (including phenoxy) is 1. The van der Waals surface area contributed by atoms with Crippen LogP contribution in [0, 0.1) is 20.8 Å². The van der Waals surface area contributed by atoms with E-state index < -0.39 is 6.04 Å². The van der Waals surface area contributed by atoms with Gasteiger partial charge in [-0.1, -0.05) is 19.1 Å². The van der Waals surface area contributed by atoms with Gasteiger partial charge < -0.3 is 15.8 Å². The minimum Gasteiger partial charge on any atom is -0.491 e. The number of hydrogen-bond acceptors (Lipinski definition) is 3. The highest BCUT2D eigenvalue weighted by atomic mass is 16.5. The number of amides is 1. The van der Waals surface area contributed by atoms with Crippen LogP contribution in [0.5, 0.6) is 5.75 Å². The van der Waals surface area contributed by atoms with Crippen LogP contribution >= 0.6 is 0 Å². The summed E-state index contributed by atoms with van der Waals surface area (Å²) in [6.07, 6.45) is 0. The maximum Gasteiger partial charge on any atom is 0.238 e. The maximum atomic E-state index is 11.2. The number of carbonyl (C=O) groups excluding carboxylic acids is 1. The van der Waals surface area contributed by atoms with Crippen LogP contribution < -0.4 is 15.8 Å². The van der Waals surface area contributed by atoms with Crippen molar-refractivity contribution in [3.05, 3.63) is 28.8 Å². The van der Waals surface area contributed by atoms with Gasteiger partial charge in [0.05, 0.1) is 0 Å². The molecule has 0 aliphatic rings. The molecule has 1 aromatic carbocycles. The topological polar surface area (TPSA) is 64.3 Å². The van der Waals surface area contributed by atoms with Gasteiger partial charge in [-0.05, 0) is 44.0 Å². The van der Waals surface area contributed by atoms with Crippen molar-refractivity contribution in [1.82, 2.24) is 5.32 Å². The SMILES string of the molecule is CCNC(COc1c(C)ccc(C)c1C)C(N)=O. The lowest BCUT2D eigenvalue weighted by molar-refractivity contribution is -0.120. The summed E-state index contributed by atoms with van der Waals surface area (Å²) < 4.78 is 5.76. The molecular formula is C14H22N2O2. The molecule has 4 nitrogen and oxygen atoms in total. The standard InChI is InChI=1S/C14H22N2O2/c1-5-16-12(14(15)17)8-18-13-10(3)7-6-9(2)11(13)4/h6-7,12,16H,5,8H2,1-4H3,(H2,15,17). The number of nitrogens with one attached hydrogen (secondary N) is 1. The fourth-order valence-corrected chi connectivity index (χ4v) is 1.80. The molecule has 0 aliphatic heterocycles. The molecule has 1 atom stereocenters. The molecule has 1 amide bonds. The van der Waals surface area contributed by atoms with Crippen molar-refractivity contribution in [1.29, 1.82) is 0 Å². The van der Waals surface area contributed by atoms with Crippen molar-refractivity contribution < 1.29 is 9.53 Å². The average Bonchev–Trinajstić information content (AvgIpc) is 2.32. The van der Waals surface area contributed by atoms with Crippen molar-refractivity contribution in [2.24, 2.45) is 5.73 Å². The number of primary amides is 1. The Morgan fingerprint density at radius 3 is 2.50 bits per heavy atom. The van der Waals surface area contributed by atoms with Gasteiger partial charge in [0.25, 0.3) is 0 Å². The molecule has 18 heavy (non-hydrogen) atoms. The zero-order chi connectivity index (χ0) is 13.7. The Kier molecular flexibility index (Phi) is 5.16. The fraction of sp³-hybridized carbons (Fsp3) is 0.500. The molecule has 0 saturated heterocycles. The average molecular weight is 250 g/mol.